The second-order valence-corrected chi connectivity index (χ2v) is 5.85. The molecule has 114 valence electrons. The SMILES string of the molecule is COc1ccc(CN2C[C@@H]3COC[C@]3(C(=O)O)C2)cc1O. The van der Waals surface area contributed by atoms with Gasteiger partial charge in [-0.15, -0.1) is 0 Å². The lowest BCUT2D eigenvalue weighted by molar-refractivity contribution is -0.149. The topological polar surface area (TPSA) is 79.2 Å². The zero-order chi connectivity index (χ0) is 15.0. The maximum absolute atomic E-state index is 11.6. The van der Waals surface area contributed by atoms with Crippen molar-refractivity contribution >= 4 is 5.97 Å². The van der Waals surface area contributed by atoms with Crippen molar-refractivity contribution in [2.45, 2.75) is 6.54 Å². The molecule has 2 atom stereocenters. The monoisotopic (exact) mass is 293 g/mol. The minimum atomic E-state index is -0.773. The number of rotatable bonds is 4. The Hall–Kier alpha value is -1.79. The summed E-state index contributed by atoms with van der Waals surface area (Å²) in [5, 5.41) is 19.3. The van der Waals surface area contributed by atoms with Crippen LogP contribution in [0.5, 0.6) is 11.5 Å². The molecule has 2 heterocycles. The van der Waals surface area contributed by atoms with Gasteiger partial charge in [0.05, 0.1) is 20.3 Å². The summed E-state index contributed by atoms with van der Waals surface area (Å²) in [6, 6.07) is 5.27. The molecule has 2 fully saturated rings. The van der Waals surface area contributed by atoms with Crippen LogP contribution in [0.4, 0.5) is 0 Å². The van der Waals surface area contributed by atoms with Gasteiger partial charge in [0, 0.05) is 25.6 Å². The standard InChI is InChI=1S/C15H19NO5/c1-20-13-3-2-10(4-12(13)17)5-16-6-11-7-21-9-15(11,8-16)14(18)19/h2-4,11,17H,5-9H2,1H3,(H,18,19)/t11-,15-/m1/s1. The average Bonchev–Trinajstić information content (AvgIpc) is 2.96. The lowest BCUT2D eigenvalue weighted by atomic mass is 9.81. The van der Waals surface area contributed by atoms with E-state index in [1.165, 1.54) is 7.11 Å². The minimum Gasteiger partial charge on any atom is -0.504 e. The van der Waals surface area contributed by atoms with Gasteiger partial charge in [-0.05, 0) is 17.7 Å². The van der Waals surface area contributed by atoms with Crippen molar-refractivity contribution in [3.8, 4) is 11.5 Å². The van der Waals surface area contributed by atoms with Gasteiger partial charge < -0.3 is 19.7 Å². The largest absolute Gasteiger partial charge is 0.504 e. The fraction of sp³-hybridized carbons (Fsp3) is 0.533. The number of fused-ring (bicyclic) bond motifs is 1. The van der Waals surface area contributed by atoms with Gasteiger partial charge in [0.25, 0.3) is 0 Å². The number of benzene rings is 1. The molecule has 0 unspecified atom stereocenters. The number of carboxylic acid groups (broad SMARTS) is 1. The molecule has 0 radical (unpaired) electrons. The van der Waals surface area contributed by atoms with E-state index in [0.717, 1.165) is 5.56 Å². The molecular weight excluding hydrogens is 274 g/mol. The van der Waals surface area contributed by atoms with Crippen LogP contribution in [0.1, 0.15) is 5.56 Å². The van der Waals surface area contributed by atoms with E-state index in [1.54, 1.807) is 12.1 Å². The summed E-state index contributed by atoms with van der Waals surface area (Å²) < 4.78 is 10.4. The van der Waals surface area contributed by atoms with Gasteiger partial charge in [0.1, 0.15) is 5.41 Å². The molecule has 3 rings (SSSR count). The molecule has 2 aliphatic rings. The Balaban J connectivity index is 1.73. The number of aromatic hydroxyl groups is 1. The van der Waals surface area contributed by atoms with Crippen LogP contribution in [0.3, 0.4) is 0 Å². The molecule has 0 bridgehead atoms. The number of hydrogen-bond donors (Lipinski definition) is 2. The third kappa shape index (κ3) is 2.34. The summed E-state index contributed by atoms with van der Waals surface area (Å²) in [4.78, 5) is 13.7. The highest BCUT2D eigenvalue weighted by Gasteiger charge is 2.55. The Morgan fingerprint density at radius 1 is 1.57 bits per heavy atom. The van der Waals surface area contributed by atoms with Crippen LogP contribution in [-0.4, -0.2) is 54.5 Å². The molecule has 6 nitrogen and oxygen atoms in total. The third-order valence-corrected chi connectivity index (χ3v) is 4.52. The first kappa shape index (κ1) is 14.2. The van der Waals surface area contributed by atoms with Crippen molar-refractivity contribution in [3.63, 3.8) is 0 Å². The molecule has 2 saturated heterocycles. The van der Waals surface area contributed by atoms with Crippen molar-refractivity contribution in [2.75, 3.05) is 33.4 Å². The van der Waals surface area contributed by atoms with E-state index in [2.05, 4.69) is 4.90 Å². The Morgan fingerprint density at radius 2 is 2.38 bits per heavy atom. The quantitative estimate of drug-likeness (QED) is 0.860. The highest BCUT2D eigenvalue weighted by Crippen LogP contribution is 2.42. The van der Waals surface area contributed by atoms with E-state index in [4.69, 9.17) is 9.47 Å². The number of phenols is 1. The van der Waals surface area contributed by atoms with Gasteiger partial charge in [-0.1, -0.05) is 6.07 Å². The number of hydrogen-bond acceptors (Lipinski definition) is 5. The van der Waals surface area contributed by atoms with Gasteiger partial charge in [0.2, 0.25) is 0 Å². The summed E-state index contributed by atoms with van der Waals surface area (Å²) in [6.07, 6.45) is 0. The Bertz CT molecular complexity index is 561. The second kappa shape index (κ2) is 5.20. The predicted octanol–water partition coefficient (Wildman–Crippen LogP) is 0.934. The fourth-order valence-electron chi connectivity index (χ4n) is 3.35. The van der Waals surface area contributed by atoms with Crippen molar-refractivity contribution in [1.29, 1.82) is 0 Å². The van der Waals surface area contributed by atoms with Crippen molar-refractivity contribution in [1.82, 2.24) is 4.90 Å². The smallest absolute Gasteiger partial charge is 0.313 e. The Labute approximate surface area is 122 Å². The van der Waals surface area contributed by atoms with Crippen molar-refractivity contribution in [3.05, 3.63) is 23.8 Å². The lowest BCUT2D eigenvalue weighted by Crippen LogP contribution is -2.38. The van der Waals surface area contributed by atoms with Gasteiger partial charge in [-0.3, -0.25) is 9.69 Å². The third-order valence-electron chi connectivity index (χ3n) is 4.52. The summed E-state index contributed by atoms with van der Waals surface area (Å²) in [6.45, 7) is 2.61. The van der Waals surface area contributed by atoms with E-state index >= 15 is 0 Å². The van der Waals surface area contributed by atoms with E-state index in [1.807, 2.05) is 6.07 Å². The molecule has 2 N–H and O–H groups in total. The number of likely N-dealkylation sites (tertiary alicyclic amines) is 1. The van der Waals surface area contributed by atoms with Gasteiger partial charge in [-0.2, -0.15) is 0 Å². The number of ether oxygens (including phenoxy) is 2. The number of nitrogens with zero attached hydrogens (tertiary/aromatic N) is 1. The fourth-order valence-corrected chi connectivity index (χ4v) is 3.35. The molecule has 0 amide bonds. The van der Waals surface area contributed by atoms with Crippen LogP contribution >= 0.6 is 0 Å². The summed E-state index contributed by atoms with van der Waals surface area (Å²) >= 11 is 0. The van der Waals surface area contributed by atoms with Crippen LogP contribution in [0.25, 0.3) is 0 Å². The van der Waals surface area contributed by atoms with Crippen molar-refractivity contribution < 1.29 is 24.5 Å². The van der Waals surface area contributed by atoms with E-state index < -0.39 is 11.4 Å². The highest BCUT2D eigenvalue weighted by molar-refractivity contribution is 5.76. The van der Waals surface area contributed by atoms with E-state index in [-0.39, 0.29) is 18.3 Å². The van der Waals surface area contributed by atoms with Crippen LogP contribution in [0, 0.1) is 11.3 Å². The van der Waals surface area contributed by atoms with Gasteiger partial charge >= 0.3 is 5.97 Å². The van der Waals surface area contributed by atoms with Crippen LogP contribution in [0.15, 0.2) is 18.2 Å². The zero-order valence-corrected chi connectivity index (χ0v) is 11.9. The Morgan fingerprint density at radius 3 is 3.00 bits per heavy atom. The first-order valence-corrected chi connectivity index (χ1v) is 6.94. The predicted molar refractivity (Wildman–Crippen MR) is 74.3 cm³/mol. The second-order valence-electron chi connectivity index (χ2n) is 5.85. The lowest BCUT2D eigenvalue weighted by Gasteiger charge is -2.22. The van der Waals surface area contributed by atoms with Crippen LogP contribution < -0.4 is 4.74 Å². The maximum Gasteiger partial charge on any atom is 0.313 e. The Kier molecular flexibility index (Phi) is 3.51. The molecule has 21 heavy (non-hydrogen) atoms. The molecule has 0 aromatic heterocycles. The van der Waals surface area contributed by atoms with Crippen LogP contribution in [-0.2, 0) is 16.1 Å². The number of phenolic OH excluding ortho intramolecular Hbond substituents is 1. The molecule has 0 saturated carbocycles. The average molecular weight is 293 g/mol. The molecule has 0 aliphatic carbocycles. The molecule has 6 heteroatoms. The van der Waals surface area contributed by atoms with E-state index in [9.17, 15) is 15.0 Å². The number of carbonyl (C=O) groups is 1. The number of carboxylic acids is 1. The zero-order valence-electron chi connectivity index (χ0n) is 11.9. The summed E-state index contributed by atoms with van der Waals surface area (Å²) in [7, 11) is 1.51. The molecule has 1 aromatic carbocycles. The summed E-state index contributed by atoms with van der Waals surface area (Å²) in [5.74, 6) is -0.190. The minimum absolute atomic E-state index is 0.0434. The molecule has 2 aliphatic heterocycles. The number of methoxy groups -OCH3 is 1. The molecule has 1 aromatic rings. The first-order chi connectivity index (χ1) is 10.0. The highest BCUT2D eigenvalue weighted by atomic mass is 16.5. The summed E-state index contributed by atoms with van der Waals surface area (Å²) in [5.41, 5.74) is 0.170. The molecule has 0 spiro atoms. The van der Waals surface area contributed by atoms with Crippen LogP contribution in [0.2, 0.25) is 0 Å². The maximum atomic E-state index is 11.6. The van der Waals surface area contributed by atoms with E-state index in [0.29, 0.717) is 32.0 Å². The molecular formula is C15H19NO5. The normalized spacial score (nSPS) is 28.5. The van der Waals surface area contributed by atoms with Gasteiger partial charge in [0.15, 0.2) is 11.5 Å². The number of aliphatic carboxylic acids is 1. The van der Waals surface area contributed by atoms with Gasteiger partial charge in [-0.25, -0.2) is 0 Å². The first-order valence-electron chi connectivity index (χ1n) is 6.94. The van der Waals surface area contributed by atoms with Crippen molar-refractivity contribution in [2.24, 2.45) is 11.3 Å².